The monoisotopic (exact) mass is 207 g/mol. The lowest BCUT2D eigenvalue weighted by Gasteiger charge is -2.00. The average molecular weight is 208 g/mol. The van der Waals surface area contributed by atoms with Crippen LogP contribution < -0.4 is 0 Å². The Morgan fingerprint density at radius 1 is 1.29 bits per heavy atom. The lowest BCUT2D eigenvalue weighted by Crippen LogP contribution is -1.99. The van der Waals surface area contributed by atoms with Gasteiger partial charge in [-0.3, -0.25) is 0 Å². The number of rotatable bonds is 2. The van der Waals surface area contributed by atoms with Gasteiger partial charge < -0.3 is 0 Å². The van der Waals surface area contributed by atoms with Crippen LogP contribution >= 0.6 is 11.6 Å². The van der Waals surface area contributed by atoms with Crippen molar-refractivity contribution < 1.29 is 0 Å². The van der Waals surface area contributed by atoms with Crippen molar-refractivity contribution in [1.29, 1.82) is 0 Å². The highest BCUT2D eigenvalue weighted by Crippen LogP contribution is 2.10. The van der Waals surface area contributed by atoms with E-state index in [4.69, 9.17) is 11.6 Å². The third kappa shape index (κ3) is 2.12. The Hall–Kier alpha value is -1.35. The van der Waals surface area contributed by atoms with Crippen LogP contribution in [-0.4, -0.2) is 15.0 Å². The van der Waals surface area contributed by atoms with Crippen molar-refractivity contribution in [1.82, 2.24) is 15.0 Å². The van der Waals surface area contributed by atoms with Crippen LogP contribution in [0, 0.1) is 6.92 Å². The number of aromatic nitrogens is 3. The second-order valence-electron chi connectivity index (χ2n) is 3.18. The third-order valence-electron chi connectivity index (χ3n) is 1.91. The summed E-state index contributed by atoms with van der Waals surface area (Å²) in [5.74, 6) is 0. The van der Waals surface area contributed by atoms with Gasteiger partial charge in [0, 0.05) is 11.2 Å². The van der Waals surface area contributed by atoms with Crippen LogP contribution in [0.2, 0.25) is 5.02 Å². The molecule has 0 fully saturated rings. The van der Waals surface area contributed by atoms with E-state index in [1.165, 1.54) is 5.56 Å². The van der Waals surface area contributed by atoms with E-state index in [1.54, 1.807) is 4.68 Å². The van der Waals surface area contributed by atoms with Gasteiger partial charge in [-0.25, -0.2) is 4.68 Å². The molecule has 1 aromatic heterocycles. The van der Waals surface area contributed by atoms with Crippen LogP contribution in [0.1, 0.15) is 11.3 Å². The van der Waals surface area contributed by atoms with Gasteiger partial charge in [-0.1, -0.05) is 28.9 Å². The normalized spacial score (nSPS) is 10.4. The van der Waals surface area contributed by atoms with Crippen LogP contribution in [0.3, 0.4) is 0 Å². The first-order chi connectivity index (χ1) is 6.74. The van der Waals surface area contributed by atoms with Crippen molar-refractivity contribution >= 4 is 11.6 Å². The highest BCUT2D eigenvalue weighted by molar-refractivity contribution is 6.30. The lowest BCUT2D eigenvalue weighted by atomic mass is 10.2. The van der Waals surface area contributed by atoms with Gasteiger partial charge in [0.1, 0.15) is 0 Å². The van der Waals surface area contributed by atoms with Gasteiger partial charge in [0.25, 0.3) is 0 Å². The summed E-state index contributed by atoms with van der Waals surface area (Å²) >= 11 is 5.78. The molecule has 0 aliphatic rings. The SMILES string of the molecule is Cc1cn(Cc2ccc(Cl)cc2)nn1. The molecule has 2 rings (SSSR count). The van der Waals surface area contributed by atoms with Crippen molar-refractivity contribution in [3.63, 3.8) is 0 Å². The highest BCUT2D eigenvalue weighted by atomic mass is 35.5. The number of hydrogen-bond acceptors (Lipinski definition) is 2. The fourth-order valence-corrected chi connectivity index (χ4v) is 1.38. The molecule has 0 saturated carbocycles. The quantitative estimate of drug-likeness (QED) is 0.757. The molecule has 0 aliphatic heterocycles. The minimum Gasteiger partial charge on any atom is -0.248 e. The van der Waals surface area contributed by atoms with Crippen molar-refractivity contribution in [3.8, 4) is 0 Å². The van der Waals surface area contributed by atoms with E-state index in [9.17, 15) is 0 Å². The van der Waals surface area contributed by atoms with Crippen molar-refractivity contribution in [2.45, 2.75) is 13.5 Å². The third-order valence-corrected chi connectivity index (χ3v) is 2.16. The molecule has 0 atom stereocenters. The standard InChI is InChI=1S/C10H10ClN3/c1-8-6-14(13-12-8)7-9-2-4-10(11)5-3-9/h2-6H,7H2,1H3. The van der Waals surface area contributed by atoms with Crippen molar-refractivity contribution in [2.75, 3.05) is 0 Å². The molecular weight excluding hydrogens is 198 g/mol. The fraction of sp³-hybridized carbons (Fsp3) is 0.200. The maximum Gasteiger partial charge on any atom is 0.0796 e. The number of aryl methyl sites for hydroxylation is 1. The summed E-state index contributed by atoms with van der Waals surface area (Å²) in [6.45, 7) is 2.66. The molecule has 1 heterocycles. The zero-order chi connectivity index (χ0) is 9.97. The topological polar surface area (TPSA) is 30.7 Å². The van der Waals surface area contributed by atoms with Gasteiger partial charge in [0.05, 0.1) is 12.2 Å². The Labute approximate surface area is 87.3 Å². The second kappa shape index (κ2) is 3.80. The van der Waals surface area contributed by atoms with Gasteiger partial charge in [0.15, 0.2) is 0 Å². The van der Waals surface area contributed by atoms with E-state index in [0.29, 0.717) is 0 Å². The molecule has 0 bridgehead atoms. The van der Waals surface area contributed by atoms with E-state index in [2.05, 4.69) is 10.3 Å². The van der Waals surface area contributed by atoms with E-state index < -0.39 is 0 Å². The zero-order valence-corrected chi connectivity index (χ0v) is 8.57. The minimum absolute atomic E-state index is 0.734. The van der Waals surface area contributed by atoms with E-state index >= 15 is 0 Å². The first-order valence-electron chi connectivity index (χ1n) is 4.35. The molecule has 0 aliphatic carbocycles. The summed E-state index contributed by atoms with van der Waals surface area (Å²) in [6, 6.07) is 7.72. The second-order valence-corrected chi connectivity index (χ2v) is 3.62. The van der Waals surface area contributed by atoms with Gasteiger partial charge >= 0.3 is 0 Å². The van der Waals surface area contributed by atoms with Crippen molar-refractivity contribution in [3.05, 3.63) is 46.7 Å². The molecule has 0 spiro atoms. The Morgan fingerprint density at radius 2 is 2.00 bits per heavy atom. The minimum atomic E-state index is 0.734. The average Bonchev–Trinajstić information content (AvgIpc) is 2.56. The van der Waals surface area contributed by atoms with Crippen LogP contribution in [0.5, 0.6) is 0 Å². The van der Waals surface area contributed by atoms with Crippen molar-refractivity contribution in [2.24, 2.45) is 0 Å². The van der Waals surface area contributed by atoms with Crippen LogP contribution in [-0.2, 0) is 6.54 Å². The van der Waals surface area contributed by atoms with Gasteiger partial charge in [-0.05, 0) is 24.6 Å². The van der Waals surface area contributed by atoms with Crippen LogP contribution in [0.15, 0.2) is 30.5 Å². The summed E-state index contributed by atoms with van der Waals surface area (Å²) in [7, 11) is 0. The zero-order valence-electron chi connectivity index (χ0n) is 7.81. The Kier molecular flexibility index (Phi) is 2.50. The molecule has 0 saturated heterocycles. The summed E-state index contributed by atoms with van der Waals surface area (Å²) < 4.78 is 1.80. The van der Waals surface area contributed by atoms with Gasteiger partial charge in [-0.15, -0.1) is 5.10 Å². The first kappa shape index (κ1) is 9.21. The molecule has 0 radical (unpaired) electrons. The Morgan fingerprint density at radius 3 is 2.57 bits per heavy atom. The number of halogens is 1. The Balaban J connectivity index is 2.15. The smallest absolute Gasteiger partial charge is 0.0796 e. The van der Waals surface area contributed by atoms with E-state index in [0.717, 1.165) is 17.3 Å². The molecular formula is C10H10ClN3. The van der Waals surface area contributed by atoms with E-state index in [-0.39, 0.29) is 0 Å². The summed E-state index contributed by atoms with van der Waals surface area (Å²) in [4.78, 5) is 0. The maximum atomic E-state index is 5.78. The summed E-state index contributed by atoms with van der Waals surface area (Å²) in [5, 5.41) is 8.64. The molecule has 0 unspecified atom stereocenters. The largest absolute Gasteiger partial charge is 0.248 e. The summed E-state index contributed by atoms with van der Waals surface area (Å²) in [5.41, 5.74) is 2.10. The summed E-state index contributed by atoms with van der Waals surface area (Å²) in [6.07, 6.45) is 1.91. The number of hydrogen-bond donors (Lipinski definition) is 0. The predicted molar refractivity (Wildman–Crippen MR) is 55.3 cm³/mol. The molecule has 3 nitrogen and oxygen atoms in total. The highest BCUT2D eigenvalue weighted by Gasteiger charge is 1.97. The number of benzene rings is 1. The number of nitrogens with zero attached hydrogens (tertiary/aromatic N) is 3. The lowest BCUT2D eigenvalue weighted by molar-refractivity contribution is 0.649. The maximum absolute atomic E-state index is 5.78. The fourth-order valence-electron chi connectivity index (χ4n) is 1.25. The molecule has 4 heteroatoms. The molecule has 2 aromatic rings. The molecule has 0 amide bonds. The molecule has 0 N–H and O–H groups in total. The van der Waals surface area contributed by atoms with Crippen LogP contribution in [0.25, 0.3) is 0 Å². The van der Waals surface area contributed by atoms with Gasteiger partial charge in [-0.2, -0.15) is 0 Å². The van der Waals surface area contributed by atoms with Gasteiger partial charge in [0.2, 0.25) is 0 Å². The van der Waals surface area contributed by atoms with Crippen LogP contribution in [0.4, 0.5) is 0 Å². The molecule has 1 aromatic carbocycles. The molecule has 14 heavy (non-hydrogen) atoms. The molecule has 72 valence electrons. The predicted octanol–water partition coefficient (Wildman–Crippen LogP) is 2.29. The first-order valence-corrected chi connectivity index (χ1v) is 4.73. The Bertz CT molecular complexity index is 419. The van der Waals surface area contributed by atoms with E-state index in [1.807, 2.05) is 37.4 Å².